The SMILES string of the molecule is CC(=O)CC[C@H](NC(=O)OCC1c2ccccc2-c2ccccc21)C(=O)O.CC(=O)CC[C@H]1CN(C)[C@H](CC(C)C)C(=O)N1.CC(C)C[C@@H]1CN(C(=O)OCc2ccccc2)[C@@H](CCCO)CN1C.COC(=O)[C@@H](CC(C)C)NC[C@H](CCC(C)=O)NC(=O)OCC1c2ccccc2-c2ccccc21.CON(C)C(=O)[C@H](CCC(C)=O)NC(=O)OCC1c2ccccc2-c2ccccc21. The zero-order valence-corrected chi connectivity index (χ0v) is 80.4. The first-order chi connectivity index (χ1) is 64.1. The number of amides is 6. The summed E-state index contributed by atoms with van der Waals surface area (Å²) in [5, 5.41) is 33.4. The van der Waals surface area contributed by atoms with Gasteiger partial charge in [-0.2, -0.15) is 0 Å². The van der Waals surface area contributed by atoms with E-state index in [-0.39, 0.29) is 141 Å². The molecule has 12 rings (SSSR count). The van der Waals surface area contributed by atoms with Crippen molar-refractivity contribution in [1.82, 2.24) is 46.3 Å². The number of piperazine rings is 2. The Morgan fingerprint density at radius 2 is 0.881 bits per heavy atom. The molecule has 29 heteroatoms. The number of aliphatic hydroxyl groups is 1. The summed E-state index contributed by atoms with van der Waals surface area (Å²) in [6, 6.07) is 55.8. The molecule has 5 aliphatic rings. The Labute approximate surface area is 789 Å². The predicted octanol–water partition coefficient (Wildman–Crippen LogP) is 15.4. The summed E-state index contributed by atoms with van der Waals surface area (Å²) < 4.78 is 27.0. The highest BCUT2D eigenvalue weighted by molar-refractivity contribution is 5.88. The minimum absolute atomic E-state index is 0.0106. The number of aliphatic hydroxyl groups excluding tert-OH is 1. The van der Waals surface area contributed by atoms with Gasteiger partial charge in [0, 0.05) is 107 Å². The van der Waals surface area contributed by atoms with E-state index in [4.69, 9.17) is 33.6 Å². The third-order valence-electron chi connectivity index (χ3n) is 24.4. The fourth-order valence-corrected chi connectivity index (χ4v) is 17.4. The number of esters is 1. The number of carbonyl (C=O) groups excluding carboxylic acids is 11. The van der Waals surface area contributed by atoms with Crippen LogP contribution in [0.5, 0.6) is 0 Å². The number of carboxylic acid groups (broad SMARTS) is 1. The second kappa shape index (κ2) is 54.4. The number of ether oxygens (including phenoxy) is 5. The number of carbonyl (C=O) groups is 12. The van der Waals surface area contributed by atoms with Crippen molar-refractivity contribution < 1.29 is 96.3 Å². The van der Waals surface area contributed by atoms with E-state index in [0.29, 0.717) is 69.7 Å². The average Bonchev–Trinajstić information content (AvgIpc) is 1.62. The number of Topliss-reactive ketones (excluding diaryl/α,β-unsaturated/α-hetero) is 4. The second-order valence-electron chi connectivity index (χ2n) is 36.4. The van der Waals surface area contributed by atoms with Gasteiger partial charge in [-0.05, 0) is 190 Å². The van der Waals surface area contributed by atoms with Gasteiger partial charge in [-0.1, -0.05) is 217 Å². The molecule has 134 heavy (non-hydrogen) atoms. The molecule has 0 spiro atoms. The Morgan fingerprint density at radius 1 is 0.470 bits per heavy atom. The largest absolute Gasteiger partial charge is 0.480 e. The van der Waals surface area contributed by atoms with Crippen LogP contribution in [0.2, 0.25) is 0 Å². The molecule has 724 valence electrons. The molecule has 0 radical (unpaired) electrons. The Hall–Kier alpha value is -12.0. The van der Waals surface area contributed by atoms with Gasteiger partial charge < -0.3 is 84.6 Å². The average molecular weight is 1850 g/mol. The molecule has 8 atom stereocenters. The van der Waals surface area contributed by atoms with Crippen LogP contribution in [-0.4, -0.2) is 238 Å². The van der Waals surface area contributed by atoms with Gasteiger partial charge >= 0.3 is 36.3 Å². The first kappa shape index (κ1) is 107. The lowest BCUT2D eigenvalue weighted by Crippen LogP contribution is -2.59. The Bertz CT molecular complexity index is 4910. The summed E-state index contributed by atoms with van der Waals surface area (Å²) in [4.78, 5) is 154. The molecular weight excluding hydrogens is 1710 g/mol. The number of hydrogen-bond acceptors (Lipinski definition) is 22. The maximum Gasteiger partial charge on any atom is 0.410 e. The molecule has 7 aromatic rings. The standard InChI is InChI=1S/C28H36N2O5.C23H26N2O5.C21H21NO5.C20H32N2O3.C13H24N2O2/c1-18(2)15-26(27(32)34-4)29-16-20(14-13-19(3)31)30-28(33)35-17-25-23-11-7-5-9-21(23)22-10-6-8-12-24(22)25;1-15(26)12-13-21(22(27)25(2)29-3)24-23(28)30-14-20-18-10-6-4-8-16(18)17-9-5-7-11-19(17)20;1-13(23)10-11-19(20(24)25)22-21(26)27-12-18-16-8-4-2-6-14(16)15-7-3-5-9-17(15)18;1-16(2)12-19-14-22(18(10-7-11-23)13-21(19)3)20(24)25-15-17-8-5-4-6-9-17;1-9(2)7-12-13(17)14-11(8-15(12)4)6-5-10(3)16/h5-12,18,20,25-26,29H,13-17H2,1-4H3,(H,30,33);4-11,20-21H,12-14H2,1-3H3,(H,24,28);2-9,18-19H,10-12H2,1H3,(H,22,26)(H,24,25);4-6,8-9,16,18-19,23H,7,10-15H2,1-3H3;9,11-12H,5-8H2,1-4H3,(H,14,17)/t20-,26+;21-;19-;18-,19+;11-,12+/m00000/s1. The number of nitrogens with zero attached hydrogens (tertiary/aromatic N) is 4. The van der Waals surface area contributed by atoms with Crippen molar-refractivity contribution in [3.05, 3.63) is 215 Å². The number of carboxylic acids is 1. The van der Waals surface area contributed by atoms with Gasteiger partial charge in [0.15, 0.2) is 0 Å². The number of hydroxylamine groups is 2. The first-order valence-electron chi connectivity index (χ1n) is 46.6. The van der Waals surface area contributed by atoms with E-state index < -0.39 is 48.3 Å². The number of hydrogen-bond donors (Lipinski definition) is 7. The third-order valence-corrected chi connectivity index (χ3v) is 24.4. The van der Waals surface area contributed by atoms with Crippen molar-refractivity contribution in [3.63, 3.8) is 0 Å². The van der Waals surface area contributed by atoms with Crippen molar-refractivity contribution in [2.75, 3.05) is 88.0 Å². The van der Waals surface area contributed by atoms with E-state index in [1.165, 1.54) is 53.2 Å². The van der Waals surface area contributed by atoms with Crippen molar-refractivity contribution in [3.8, 4) is 33.4 Å². The lowest BCUT2D eigenvalue weighted by Gasteiger charge is -2.45. The lowest BCUT2D eigenvalue weighted by molar-refractivity contribution is -0.171. The topological polar surface area (TPSA) is 374 Å². The number of methoxy groups -OCH3 is 1. The van der Waals surface area contributed by atoms with Crippen LogP contribution in [0.4, 0.5) is 19.2 Å². The Balaban J connectivity index is 0.000000209. The van der Waals surface area contributed by atoms with E-state index in [1.54, 1.807) is 6.92 Å². The van der Waals surface area contributed by atoms with Crippen LogP contribution in [0.25, 0.3) is 33.4 Å². The summed E-state index contributed by atoms with van der Waals surface area (Å²) in [7, 11) is 8.29. The van der Waals surface area contributed by atoms with E-state index in [1.807, 2.05) is 165 Å². The molecule has 2 aliphatic heterocycles. The number of aliphatic carboxylic acids is 1. The molecule has 0 unspecified atom stereocenters. The third kappa shape index (κ3) is 33.0. The number of benzene rings is 7. The fourth-order valence-electron chi connectivity index (χ4n) is 17.4. The molecule has 0 saturated carbocycles. The van der Waals surface area contributed by atoms with Crippen LogP contribution >= 0.6 is 0 Å². The van der Waals surface area contributed by atoms with Gasteiger partial charge in [-0.15, -0.1) is 0 Å². The molecule has 0 bridgehead atoms. The summed E-state index contributed by atoms with van der Waals surface area (Å²) in [6.07, 6.45) is 4.30. The zero-order valence-electron chi connectivity index (χ0n) is 80.4. The van der Waals surface area contributed by atoms with Crippen LogP contribution in [0.15, 0.2) is 176 Å². The molecule has 2 fully saturated rings. The highest BCUT2D eigenvalue weighted by atomic mass is 16.7. The van der Waals surface area contributed by atoms with E-state index >= 15 is 0 Å². The number of nitrogens with one attached hydrogen (secondary N) is 5. The summed E-state index contributed by atoms with van der Waals surface area (Å²) in [5.74, 6) is -0.650. The molecule has 6 amide bonds. The van der Waals surface area contributed by atoms with E-state index in [2.05, 4.69) is 108 Å². The second-order valence-corrected chi connectivity index (χ2v) is 36.4. The molecule has 7 aromatic carbocycles. The number of likely N-dealkylation sites (N-methyl/N-ethyl adjacent to an activating group) is 3. The molecular formula is C105H139N9O20. The normalized spacial score (nSPS) is 16.6. The van der Waals surface area contributed by atoms with Gasteiger partial charge in [-0.3, -0.25) is 29.0 Å². The Morgan fingerprint density at radius 3 is 1.28 bits per heavy atom. The van der Waals surface area contributed by atoms with Gasteiger partial charge in [0.25, 0.3) is 5.91 Å². The van der Waals surface area contributed by atoms with Crippen LogP contribution in [-0.2, 0) is 73.5 Å². The van der Waals surface area contributed by atoms with Crippen LogP contribution < -0.4 is 26.6 Å². The van der Waals surface area contributed by atoms with Gasteiger partial charge in [0.2, 0.25) is 5.91 Å². The maximum atomic E-state index is 12.8. The highest BCUT2D eigenvalue weighted by Gasteiger charge is 2.39. The van der Waals surface area contributed by atoms with E-state index in [0.717, 1.165) is 105 Å². The van der Waals surface area contributed by atoms with E-state index in [9.17, 15) is 62.6 Å². The van der Waals surface area contributed by atoms with Crippen molar-refractivity contribution in [2.24, 2.45) is 17.8 Å². The van der Waals surface area contributed by atoms with Crippen molar-refractivity contribution in [2.45, 2.75) is 225 Å². The molecule has 2 saturated heterocycles. The van der Waals surface area contributed by atoms with Crippen LogP contribution in [0.3, 0.4) is 0 Å². The van der Waals surface area contributed by atoms with Crippen LogP contribution in [0, 0.1) is 17.8 Å². The lowest BCUT2D eigenvalue weighted by atomic mass is 9.97. The van der Waals surface area contributed by atoms with Gasteiger partial charge in [-0.25, -0.2) is 29.0 Å². The number of rotatable bonds is 39. The molecule has 3 aliphatic carbocycles. The number of fused-ring (bicyclic) bond motifs is 9. The molecule has 29 nitrogen and oxygen atoms in total. The molecule has 2 heterocycles. The first-order valence-corrected chi connectivity index (χ1v) is 46.6. The van der Waals surface area contributed by atoms with Crippen LogP contribution in [0.1, 0.15) is 209 Å². The van der Waals surface area contributed by atoms with Crippen molar-refractivity contribution in [1.29, 1.82) is 0 Å². The minimum Gasteiger partial charge on any atom is -0.480 e. The minimum atomic E-state index is -1.19. The maximum absolute atomic E-state index is 12.8. The Kier molecular flexibility index (Phi) is 43.5. The molecule has 7 N–H and O–H groups in total. The zero-order chi connectivity index (χ0) is 97.7. The summed E-state index contributed by atoms with van der Waals surface area (Å²) in [5.41, 5.74) is 14.5. The van der Waals surface area contributed by atoms with Crippen molar-refractivity contribution >= 4 is 71.3 Å². The molecule has 0 aromatic heterocycles. The summed E-state index contributed by atoms with van der Waals surface area (Å²) in [6.45, 7) is 22.3. The highest BCUT2D eigenvalue weighted by Crippen LogP contribution is 2.47. The summed E-state index contributed by atoms with van der Waals surface area (Å²) >= 11 is 0. The predicted molar refractivity (Wildman–Crippen MR) is 513 cm³/mol. The quantitative estimate of drug-likeness (QED) is 0.0107. The smallest absolute Gasteiger partial charge is 0.410 e. The number of alkyl carbamates (subject to hydrolysis) is 3. The fraction of sp³-hybridized carbons (Fsp3) is 0.486. The van der Waals surface area contributed by atoms with Gasteiger partial charge in [0.1, 0.15) is 67.7 Å². The van der Waals surface area contributed by atoms with Gasteiger partial charge in [0.05, 0.1) is 20.3 Å². The number of ketones is 4. The monoisotopic (exact) mass is 1850 g/mol.